The topological polar surface area (TPSA) is 90.5 Å². The van der Waals surface area contributed by atoms with E-state index in [1.165, 1.54) is 24.3 Å². The number of benzene rings is 2. The van der Waals surface area contributed by atoms with Crippen LogP contribution in [-0.4, -0.2) is 41.9 Å². The maximum Gasteiger partial charge on any atom is 0.255 e. The van der Waals surface area contributed by atoms with E-state index in [1.807, 2.05) is 37.9 Å². The summed E-state index contributed by atoms with van der Waals surface area (Å²) in [6.07, 6.45) is 0.689. The van der Waals surface area contributed by atoms with Gasteiger partial charge >= 0.3 is 0 Å². The smallest absolute Gasteiger partial charge is 0.255 e. The van der Waals surface area contributed by atoms with Gasteiger partial charge in [-0.25, -0.2) is 9.37 Å². The highest BCUT2D eigenvalue weighted by Gasteiger charge is 2.36. The largest absolute Gasteiger partial charge is 0.350 e. The van der Waals surface area contributed by atoms with E-state index in [2.05, 4.69) is 20.6 Å². The van der Waals surface area contributed by atoms with E-state index in [1.54, 1.807) is 24.1 Å². The summed E-state index contributed by atoms with van der Waals surface area (Å²) in [5.74, 6) is 0.555. The number of anilines is 4. The summed E-state index contributed by atoms with van der Waals surface area (Å²) in [6, 6.07) is 12.5. The molecule has 2 heterocycles. The second kappa shape index (κ2) is 10.7. The molecule has 0 fully saturated rings. The minimum absolute atomic E-state index is 0. The Labute approximate surface area is 211 Å². The van der Waals surface area contributed by atoms with Crippen molar-refractivity contribution in [2.24, 2.45) is 0 Å². The van der Waals surface area contributed by atoms with Crippen molar-refractivity contribution in [2.45, 2.75) is 32.9 Å². The van der Waals surface area contributed by atoms with Crippen LogP contribution < -0.4 is 20.4 Å². The van der Waals surface area contributed by atoms with Crippen LogP contribution in [0, 0.1) is 12.7 Å². The van der Waals surface area contributed by atoms with Gasteiger partial charge in [-0.2, -0.15) is 18.5 Å². The van der Waals surface area contributed by atoms with E-state index in [-0.39, 0.29) is 37.2 Å². The molecule has 0 bridgehead atoms. The summed E-state index contributed by atoms with van der Waals surface area (Å²) < 4.78 is 13.0. The number of halogens is 1. The standard InChI is InChI=1S/C25H27FN6O2.H2S/c1-5-20-24(34)32(4)21-15(2)28-25(30-22(21)31(20)3)27-14-16-6-12-19(13-7-16)29-23(33)17-8-10-18(26)11-9-17;/h6-13,20H,5,14H2,1-4H3,(H,29,33)(H,27,28,30);1H2/t20-;/m0./s1. The van der Waals surface area contributed by atoms with Crippen molar-refractivity contribution in [1.82, 2.24) is 9.97 Å². The number of amides is 2. The SMILES string of the molecule is CC[C@H]1C(=O)N(C)c2c(C)nc(NCc3ccc(NC(=O)c4ccc(F)cc4)cc3)nc2N1C.S. The third-order valence-corrected chi connectivity index (χ3v) is 5.95. The molecule has 1 atom stereocenters. The maximum absolute atomic E-state index is 13.0. The maximum atomic E-state index is 13.0. The van der Waals surface area contributed by atoms with E-state index < -0.39 is 0 Å². The van der Waals surface area contributed by atoms with Gasteiger partial charge in [-0.15, -0.1) is 0 Å². The summed E-state index contributed by atoms with van der Waals surface area (Å²) in [6.45, 7) is 4.34. The molecular weight excluding hydrogens is 467 g/mol. The lowest BCUT2D eigenvalue weighted by Gasteiger charge is -2.38. The minimum Gasteiger partial charge on any atom is -0.350 e. The van der Waals surface area contributed by atoms with Crippen molar-refractivity contribution in [3.63, 3.8) is 0 Å². The third-order valence-electron chi connectivity index (χ3n) is 5.95. The van der Waals surface area contributed by atoms with Crippen LogP contribution in [0.15, 0.2) is 48.5 Å². The zero-order valence-corrected chi connectivity index (χ0v) is 21.1. The molecule has 0 spiro atoms. The van der Waals surface area contributed by atoms with Crippen molar-refractivity contribution in [3.8, 4) is 0 Å². The highest BCUT2D eigenvalue weighted by atomic mass is 32.1. The summed E-state index contributed by atoms with van der Waals surface area (Å²) in [5.41, 5.74) is 3.45. The summed E-state index contributed by atoms with van der Waals surface area (Å²) in [5, 5.41) is 6.05. The number of carbonyl (C=O) groups is 2. The Hall–Kier alpha value is -3.66. The van der Waals surface area contributed by atoms with Crippen molar-refractivity contribution in [1.29, 1.82) is 0 Å². The molecule has 2 aromatic carbocycles. The molecule has 0 unspecified atom stereocenters. The fraction of sp³-hybridized carbons (Fsp3) is 0.280. The molecule has 1 aliphatic rings. The van der Waals surface area contributed by atoms with Crippen LogP contribution in [0.3, 0.4) is 0 Å². The molecule has 4 rings (SSSR count). The fourth-order valence-corrected chi connectivity index (χ4v) is 4.06. The number of aromatic nitrogens is 2. The van der Waals surface area contributed by atoms with E-state index in [9.17, 15) is 14.0 Å². The predicted octanol–water partition coefficient (Wildman–Crippen LogP) is 4.09. The quantitative estimate of drug-likeness (QED) is 0.534. The molecule has 2 N–H and O–H groups in total. The molecular formula is C25H29FN6O2S. The van der Waals surface area contributed by atoms with E-state index >= 15 is 0 Å². The number of carbonyl (C=O) groups excluding carboxylic acids is 2. The van der Waals surface area contributed by atoms with Crippen molar-refractivity contribution in [3.05, 3.63) is 71.2 Å². The molecule has 0 radical (unpaired) electrons. The minimum atomic E-state index is -0.385. The van der Waals surface area contributed by atoms with Crippen LogP contribution in [0.2, 0.25) is 0 Å². The summed E-state index contributed by atoms with van der Waals surface area (Å²) in [7, 11) is 3.64. The molecule has 10 heteroatoms. The van der Waals surface area contributed by atoms with Crippen LogP contribution in [-0.2, 0) is 11.3 Å². The lowest BCUT2D eigenvalue weighted by molar-refractivity contribution is -0.119. The number of rotatable bonds is 6. The van der Waals surface area contributed by atoms with Crippen molar-refractivity contribution < 1.29 is 14.0 Å². The van der Waals surface area contributed by atoms with Gasteiger partial charge in [0.05, 0.1) is 5.69 Å². The molecule has 1 aliphatic heterocycles. The molecule has 1 aromatic heterocycles. The van der Waals surface area contributed by atoms with Gasteiger partial charge in [0.25, 0.3) is 5.91 Å². The van der Waals surface area contributed by atoms with Crippen LogP contribution in [0.5, 0.6) is 0 Å². The average molecular weight is 497 g/mol. The summed E-state index contributed by atoms with van der Waals surface area (Å²) in [4.78, 5) is 37.7. The lowest BCUT2D eigenvalue weighted by atomic mass is 10.1. The normalized spacial score (nSPS) is 14.8. The third kappa shape index (κ3) is 5.37. The number of likely N-dealkylation sites (N-methyl/N-ethyl adjacent to an activating group) is 2. The van der Waals surface area contributed by atoms with Gasteiger partial charge in [-0.3, -0.25) is 9.59 Å². The Morgan fingerprint density at radius 2 is 1.71 bits per heavy atom. The number of hydrogen-bond donors (Lipinski definition) is 2. The highest BCUT2D eigenvalue weighted by molar-refractivity contribution is 7.59. The molecule has 2 amide bonds. The Morgan fingerprint density at radius 3 is 2.34 bits per heavy atom. The first kappa shape index (κ1) is 26.0. The molecule has 0 saturated carbocycles. The monoisotopic (exact) mass is 496 g/mol. The van der Waals surface area contributed by atoms with Gasteiger partial charge in [0.1, 0.15) is 17.5 Å². The lowest BCUT2D eigenvalue weighted by Crippen LogP contribution is -2.51. The average Bonchev–Trinajstić information content (AvgIpc) is 2.82. The molecule has 8 nitrogen and oxygen atoms in total. The van der Waals surface area contributed by atoms with Gasteiger partial charge < -0.3 is 20.4 Å². The number of nitrogens with zero attached hydrogens (tertiary/aromatic N) is 4. The Kier molecular flexibility index (Phi) is 7.96. The summed E-state index contributed by atoms with van der Waals surface area (Å²) >= 11 is 0. The highest BCUT2D eigenvalue weighted by Crippen LogP contribution is 2.36. The predicted molar refractivity (Wildman–Crippen MR) is 141 cm³/mol. The molecule has 35 heavy (non-hydrogen) atoms. The number of fused-ring (bicyclic) bond motifs is 1. The van der Waals surface area contributed by atoms with Crippen molar-refractivity contribution >= 4 is 48.5 Å². The van der Waals surface area contributed by atoms with Crippen LogP contribution in [0.25, 0.3) is 0 Å². The Bertz CT molecular complexity index is 1220. The molecule has 3 aromatic rings. The van der Waals surface area contributed by atoms with Gasteiger partial charge in [-0.1, -0.05) is 19.1 Å². The van der Waals surface area contributed by atoms with Gasteiger partial charge in [0.15, 0.2) is 5.82 Å². The molecule has 184 valence electrons. The van der Waals surface area contributed by atoms with Gasteiger partial charge in [-0.05, 0) is 55.3 Å². The number of aryl methyl sites for hydroxylation is 1. The number of nitrogens with one attached hydrogen (secondary N) is 2. The van der Waals surface area contributed by atoms with Crippen LogP contribution >= 0.6 is 13.5 Å². The second-order valence-corrected chi connectivity index (χ2v) is 8.25. The first-order valence-electron chi connectivity index (χ1n) is 11.1. The zero-order valence-electron chi connectivity index (χ0n) is 20.1. The van der Waals surface area contributed by atoms with Gasteiger partial charge in [0.2, 0.25) is 11.9 Å². The Balaban J connectivity index is 0.00000342. The first-order chi connectivity index (χ1) is 16.3. The van der Waals surface area contributed by atoms with Crippen LogP contribution in [0.1, 0.15) is 35.0 Å². The van der Waals surface area contributed by atoms with E-state index in [4.69, 9.17) is 0 Å². The van der Waals surface area contributed by atoms with E-state index in [0.29, 0.717) is 30.2 Å². The second-order valence-electron chi connectivity index (χ2n) is 8.25. The van der Waals surface area contributed by atoms with Crippen molar-refractivity contribution in [2.75, 3.05) is 34.5 Å². The van der Waals surface area contributed by atoms with E-state index in [0.717, 1.165) is 22.8 Å². The first-order valence-corrected chi connectivity index (χ1v) is 11.1. The zero-order chi connectivity index (χ0) is 24.4. The molecule has 0 saturated heterocycles. The Morgan fingerprint density at radius 1 is 1.06 bits per heavy atom. The fourth-order valence-electron chi connectivity index (χ4n) is 4.06. The number of hydrogen-bond acceptors (Lipinski definition) is 6. The van der Waals surface area contributed by atoms with Crippen LogP contribution in [0.4, 0.5) is 27.5 Å². The van der Waals surface area contributed by atoms with Gasteiger partial charge in [0, 0.05) is 31.9 Å². The molecule has 0 aliphatic carbocycles.